The predicted octanol–water partition coefficient (Wildman–Crippen LogP) is 2.34. The van der Waals surface area contributed by atoms with Gasteiger partial charge in [0.2, 0.25) is 0 Å². The molecule has 0 aromatic heterocycles. The molecule has 3 nitrogen and oxygen atoms in total. The third-order valence-electron chi connectivity index (χ3n) is 3.32. The van der Waals surface area contributed by atoms with Gasteiger partial charge in [-0.1, -0.05) is 12.5 Å². The normalized spacial score (nSPS) is 17.6. The first kappa shape index (κ1) is 10.9. The summed E-state index contributed by atoms with van der Waals surface area (Å²) in [5, 5.41) is 9.20. The SMILES string of the molecule is COc1ccc(C2(C(=O)O)CCC2)cc1F. The van der Waals surface area contributed by atoms with Crippen molar-refractivity contribution in [2.45, 2.75) is 24.7 Å². The van der Waals surface area contributed by atoms with Crippen molar-refractivity contribution in [2.75, 3.05) is 7.11 Å². The topological polar surface area (TPSA) is 46.5 Å². The molecule has 0 saturated heterocycles. The van der Waals surface area contributed by atoms with E-state index in [-0.39, 0.29) is 5.75 Å². The van der Waals surface area contributed by atoms with Gasteiger partial charge in [-0.3, -0.25) is 4.79 Å². The zero-order chi connectivity index (χ0) is 11.8. The molecule has 0 bridgehead atoms. The van der Waals surface area contributed by atoms with Gasteiger partial charge < -0.3 is 9.84 Å². The van der Waals surface area contributed by atoms with E-state index in [0.717, 1.165) is 6.42 Å². The molecule has 1 fully saturated rings. The van der Waals surface area contributed by atoms with Crippen LogP contribution in [-0.2, 0) is 10.2 Å². The first-order valence-electron chi connectivity index (χ1n) is 5.17. The van der Waals surface area contributed by atoms with E-state index in [0.29, 0.717) is 18.4 Å². The Morgan fingerprint density at radius 3 is 2.56 bits per heavy atom. The van der Waals surface area contributed by atoms with E-state index in [1.807, 2.05) is 0 Å². The van der Waals surface area contributed by atoms with Crippen LogP contribution in [0.1, 0.15) is 24.8 Å². The lowest BCUT2D eigenvalue weighted by molar-refractivity contribution is -0.147. The zero-order valence-corrected chi connectivity index (χ0v) is 9.00. The standard InChI is InChI=1S/C12H13FO3/c1-16-10-4-3-8(7-9(10)13)12(11(14)15)5-2-6-12/h3-4,7H,2,5-6H2,1H3,(H,14,15). The molecule has 16 heavy (non-hydrogen) atoms. The lowest BCUT2D eigenvalue weighted by atomic mass is 9.64. The minimum atomic E-state index is -0.882. The van der Waals surface area contributed by atoms with Crippen LogP contribution in [0.15, 0.2) is 18.2 Å². The summed E-state index contributed by atoms with van der Waals surface area (Å²) in [4.78, 5) is 11.2. The number of hydrogen-bond acceptors (Lipinski definition) is 2. The summed E-state index contributed by atoms with van der Waals surface area (Å²) in [6.07, 6.45) is 2.03. The highest BCUT2D eigenvalue weighted by Gasteiger charge is 2.46. The number of carbonyl (C=O) groups is 1. The number of hydrogen-bond donors (Lipinski definition) is 1. The number of methoxy groups -OCH3 is 1. The Balaban J connectivity index is 2.40. The van der Waals surface area contributed by atoms with Gasteiger partial charge in [0, 0.05) is 0 Å². The van der Waals surface area contributed by atoms with Gasteiger partial charge in [0.05, 0.1) is 12.5 Å². The van der Waals surface area contributed by atoms with Gasteiger partial charge in [-0.15, -0.1) is 0 Å². The van der Waals surface area contributed by atoms with Crippen LogP contribution in [-0.4, -0.2) is 18.2 Å². The van der Waals surface area contributed by atoms with E-state index in [1.54, 1.807) is 6.07 Å². The van der Waals surface area contributed by atoms with Gasteiger partial charge >= 0.3 is 5.97 Å². The number of benzene rings is 1. The second kappa shape index (κ2) is 3.77. The molecule has 4 heteroatoms. The molecule has 0 amide bonds. The van der Waals surface area contributed by atoms with E-state index in [4.69, 9.17) is 4.74 Å². The van der Waals surface area contributed by atoms with Crippen molar-refractivity contribution in [3.8, 4) is 5.75 Å². The smallest absolute Gasteiger partial charge is 0.314 e. The van der Waals surface area contributed by atoms with Crippen LogP contribution in [0.2, 0.25) is 0 Å². The Morgan fingerprint density at radius 1 is 1.50 bits per heavy atom. The molecule has 0 spiro atoms. The van der Waals surface area contributed by atoms with Crippen LogP contribution in [0.4, 0.5) is 4.39 Å². The van der Waals surface area contributed by atoms with Crippen molar-refractivity contribution in [1.82, 2.24) is 0 Å². The molecule has 0 unspecified atom stereocenters. The Bertz CT molecular complexity index is 424. The molecule has 1 aliphatic carbocycles. The molecule has 1 aromatic rings. The van der Waals surface area contributed by atoms with E-state index in [9.17, 15) is 14.3 Å². The fraction of sp³-hybridized carbons (Fsp3) is 0.417. The molecular formula is C12H13FO3. The number of aliphatic carboxylic acids is 1. The molecule has 2 rings (SSSR count). The fourth-order valence-corrected chi connectivity index (χ4v) is 2.12. The second-order valence-electron chi connectivity index (χ2n) is 4.09. The highest BCUT2D eigenvalue weighted by molar-refractivity contribution is 5.82. The number of carboxylic acid groups (broad SMARTS) is 1. The van der Waals surface area contributed by atoms with Gasteiger partial charge in [0.15, 0.2) is 11.6 Å². The van der Waals surface area contributed by atoms with Crippen LogP contribution >= 0.6 is 0 Å². The summed E-state index contributed by atoms with van der Waals surface area (Å²) in [5.41, 5.74) is -0.350. The van der Waals surface area contributed by atoms with Gasteiger partial charge in [-0.2, -0.15) is 0 Å². The van der Waals surface area contributed by atoms with Crippen LogP contribution in [0.25, 0.3) is 0 Å². The van der Waals surface area contributed by atoms with Crippen LogP contribution < -0.4 is 4.74 Å². The molecule has 86 valence electrons. The Morgan fingerprint density at radius 2 is 2.19 bits per heavy atom. The van der Waals surface area contributed by atoms with Crippen LogP contribution in [0.5, 0.6) is 5.75 Å². The summed E-state index contributed by atoms with van der Waals surface area (Å²) in [7, 11) is 1.38. The predicted molar refractivity (Wildman–Crippen MR) is 56.1 cm³/mol. The average Bonchev–Trinajstić information content (AvgIpc) is 2.15. The number of rotatable bonds is 3. The first-order chi connectivity index (χ1) is 7.60. The third kappa shape index (κ3) is 1.45. The molecule has 0 radical (unpaired) electrons. The molecule has 1 N–H and O–H groups in total. The lowest BCUT2D eigenvalue weighted by Gasteiger charge is -2.38. The van der Waals surface area contributed by atoms with Crippen molar-refractivity contribution < 1.29 is 19.0 Å². The molecule has 0 heterocycles. The minimum Gasteiger partial charge on any atom is -0.494 e. The maximum Gasteiger partial charge on any atom is 0.314 e. The zero-order valence-electron chi connectivity index (χ0n) is 9.00. The molecular weight excluding hydrogens is 211 g/mol. The molecule has 0 atom stereocenters. The summed E-state index contributed by atoms with van der Waals surface area (Å²) >= 11 is 0. The quantitative estimate of drug-likeness (QED) is 0.857. The van der Waals surface area contributed by atoms with E-state index < -0.39 is 17.2 Å². The number of halogens is 1. The average molecular weight is 224 g/mol. The third-order valence-corrected chi connectivity index (χ3v) is 3.32. The summed E-state index contributed by atoms with van der Waals surface area (Å²) in [6, 6.07) is 4.38. The molecule has 1 aromatic carbocycles. The van der Waals surface area contributed by atoms with Gasteiger partial charge in [0.1, 0.15) is 0 Å². The lowest BCUT2D eigenvalue weighted by Crippen LogP contribution is -2.42. The second-order valence-corrected chi connectivity index (χ2v) is 4.09. The summed E-state index contributed by atoms with van der Waals surface area (Å²) < 4.78 is 18.3. The largest absolute Gasteiger partial charge is 0.494 e. The Hall–Kier alpha value is -1.58. The molecule has 0 aliphatic heterocycles. The van der Waals surface area contributed by atoms with Crippen molar-refractivity contribution in [2.24, 2.45) is 0 Å². The van der Waals surface area contributed by atoms with E-state index in [1.165, 1.54) is 19.2 Å². The minimum absolute atomic E-state index is 0.142. The monoisotopic (exact) mass is 224 g/mol. The Labute approximate surface area is 92.9 Å². The Kier molecular flexibility index (Phi) is 2.58. The first-order valence-corrected chi connectivity index (χ1v) is 5.17. The number of carboxylic acids is 1. The highest BCUT2D eigenvalue weighted by atomic mass is 19.1. The van der Waals surface area contributed by atoms with Gasteiger partial charge in [-0.05, 0) is 30.5 Å². The molecule has 1 aliphatic rings. The van der Waals surface area contributed by atoms with E-state index >= 15 is 0 Å². The summed E-state index contributed by atoms with van der Waals surface area (Å²) in [5.74, 6) is -1.24. The highest BCUT2D eigenvalue weighted by Crippen LogP contribution is 2.44. The molecule has 1 saturated carbocycles. The van der Waals surface area contributed by atoms with E-state index in [2.05, 4.69) is 0 Å². The number of ether oxygens (including phenoxy) is 1. The summed E-state index contributed by atoms with van der Waals surface area (Å²) in [6.45, 7) is 0. The van der Waals surface area contributed by atoms with Crippen molar-refractivity contribution in [3.05, 3.63) is 29.6 Å². The van der Waals surface area contributed by atoms with Gasteiger partial charge in [-0.25, -0.2) is 4.39 Å². The van der Waals surface area contributed by atoms with Crippen molar-refractivity contribution >= 4 is 5.97 Å². The van der Waals surface area contributed by atoms with Gasteiger partial charge in [0.25, 0.3) is 0 Å². The van der Waals surface area contributed by atoms with Crippen molar-refractivity contribution in [1.29, 1.82) is 0 Å². The van der Waals surface area contributed by atoms with Crippen LogP contribution in [0, 0.1) is 5.82 Å². The maximum absolute atomic E-state index is 13.5. The fourth-order valence-electron chi connectivity index (χ4n) is 2.12. The van der Waals surface area contributed by atoms with Crippen LogP contribution in [0.3, 0.4) is 0 Å². The van der Waals surface area contributed by atoms with Crippen molar-refractivity contribution in [3.63, 3.8) is 0 Å². The maximum atomic E-state index is 13.5.